The van der Waals surface area contributed by atoms with E-state index >= 15 is 13.2 Å². The fourth-order valence-corrected chi connectivity index (χ4v) is 13.5. The van der Waals surface area contributed by atoms with E-state index < -0.39 is 23.4 Å². The van der Waals surface area contributed by atoms with Crippen LogP contribution in [-0.2, 0) is 35.6 Å². The highest BCUT2D eigenvalue weighted by Gasteiger charge is 2.33. The number of rotatable bonds is 16. The Bertz CT molecular complexity index is 4780. The van der Waals surface area contributed by atoms with E-state index in [-0.39, 0.29) is 102 Å². The molecule has 5 aromatic heterocycles. The monoisotopic (exact) mass is 1280 g/mol. The van der Waals surface area contributed by atoms with Crippen LogP contribution in [0.3, 0.4) is 0 Å². The fourth-order valence-electron chi connectivity index (χ4n) is 13.5. The lowest BCUT2D eigenvalue weighted by molar-refractivity contribution is -0.131. The predicted octanol–water partition coefficient (Wildman–Crippen LogP) is 9.50. The van der Waals surface area contributed by atoms with Gasteiger partial charge in [-0.2, -0.15) is 5.26 Å². The number of amides is 4. The molecule has 4 aliphatic rings. The summed E-state index contributed by atoms with van der Waals surface area (Å²) in [7, 11) is 3.07. The molecule has 0 unspecified atom stereocenters. The number of aryl methyl sites for hydroxylation is 2. The molecule has 0 saturated carbocycles. The van der Waals surface area contributed by atoms with Crippen molar-refractivity contribution in [2.45, 2.75) is 51.7 Å². The first-order valence-corrected chi connectivity index (χ1v) is 31.3. The lowest BCUT2D eigenvalue weighted by Crippen LogP contribution is -2.49. The van der Waals surface area contributed by atoms with Crippen molar-refractivity contribution >= 4 is 62.3 Å². The summed E-state index contributed by atoms with van der Waals surface area (Å²) in [6.07, 6.45) is 15.2. The van der Waals surface area contributed by atoms with Gasteiger partial charge in [-0.3, -0.25) is 28.5 Å². The summed E-state index contributed by atoms with van der Waals surface area (Å²) < 4.78 is 66.9. The summed E-state index contributed by atoms with van der Waals surface area (Å²) in [5, 5.41) is 25.8. The summed E-state index contributed by atoms with van der Waals surface area (Å²) in [5.41, 5.74) is 7.39. The number of H-pyrrole nitrogens is 2. The molecule has 2 N–H and O–H groups in total. The zero-order chi connectivity index (χ0) is 65.4. The fraction of sp³-hybridized carbons (Fsp3) is 0.271. The van der Waals surface area contributed by atoms with Crippen LogP contribution in [0.1, 0.15) is 74.6 Å². The molecule has 4 aliphatic heterocycles. The van der Waals surface area contributed by atoms with Gasteiger partial charge in [0.15, 0.2) is 11.6 Å². The van der Waals surface area contributed by atoms with Crippen LogP contribution in [0.5, 0.6) is 11.5 Å². The third kappa shape index (κ3) is 11.8. The number of nitrogens with zero attached hydrogens (tertiary/aromatic N) is 14. The number of hydrogen-bond donors (Lipinski definition) is 2. The number of para-hydroxylation sites is 2. The van der Waals surface area contributed by atoms with Crippen LogP contribution in [0.15, 0.2) is 128 Å². The van der Waals surface area contributed by atoms with Gasteiger partial charge in [0.1, 0.15) is 35.0 Å². The Kier molecular flexibility index (Phi) is 16.7. The van der Waals surface area contributed by atoms with Crippen molar-refractivity contribution in [2.24, 2.45) is 0 Å². The zero-order valence-electron chi connectivity index (χ0n) is 52.0. The van der Waals surface area contributed by atoms with Gasteiger partial charge in [0.2, 0.25) is 11.8 Å². The van der Waals surface area contributed by atoms with Crippen LogP contribution in [-0.4, -0.2) is 166 Å². The van der Waals surface area contributed by atoms with Gasteiger partial charge in [-0.05, 0) is 77.6 Å². The third-order valence-electron chi connectivity index (χ3n) is 18.4. The number of carbonyl (C=O) groups is 4. The summed E-state index contributed by atoms with van der Waals surface area (Å²) in [4.78, 5) is 80.4. The lowest BCUT2D eigenvalue weighted by Gasteiger charge is -2.36. The number of anilines is 1. The number of fused-ring (bicyclic) bond motifs is 3. The third-order valence-corrected chi connectivity index (χ3v) is 18.4. The number of nitriles is 1. The molecule has 4 amide bonds. The van der Waals surface area contributed by atoms with E-state index in [9.17, 15) is 24.4 Å². The molecule has 1 fully saturated rings. The van der Waals surface area contributed by atoms with Crippen LogP contribution < -0.4 is 14.4 Å². The molecule has 95 heavy (non-hydrogen) atoms. The smallest absolute Gasteiger partial charge is 0.270 e. The maximum Gasteiger partial charge on any atom is 0.270 e. The molecule has 0 aliphatic carbocycles. The number of halogens is 3. The van der Waals surface area contributed by atoms with E-state index in [1.54, 1.807) is 96.3 Å². The summed E-state index contributed by atoms with van der Waals surface area (Å²) >= 11 is 0. The van der Waals surface area contributed by atoms with Crippen molar-refractivity contribution in [2.75, 3.05) is 78.0 Å². The van der Waals surface area contributed by atoms with Gasteiger partial charge in [0.25, 0.3) is 11.8 Å². The minimum Gasteiger partial charge on any atom is -0.495 e. The lowest BCUT2D eigenvalue weighted by atomic mass is 9.89. The molecule has 14 rings (SSSR count). The Morgan fingerprint density at radius 1 is 0.589 bits per heavy atom. The molecule has 5 aromatic carbocycles. The van der Waals surface area contributed by atoms with E-state index in [0.29, 0.717) is 138 Å². The Hall–Kier alpha value is -11.4. The number of carbonyl (C=O) groups excluding carboxylic acids is 4. The number of ether oxygens (including phenoxy) is 2. The summed E-state index contributed by atoms with van der Waals surface area (Å²) in [6.45, 7) is 3.39. The highest BCUT2D eigenvalue weighted by atomic mass is 19.1. The van der Waals surface area contributed by atoms with Gasteiger partial charge in [-0.15, -0.1) is 10.2 Å². The minimum absolute atomic E-state index is 0.0497. The number of nitrogens with one attached hydrogen (secondary N) is 2. The molecular weight excluding hydrogens is 1220 g/mol. The molecule has 0 radical (unpaired) electrons. The number of methoxy groups -OCH3 is 2. The maximum atomic E-state index is 17.8. The van der Waals surface area contributed by atoms with Crippen LogP contribution in [0, 0.1) is 28.8 Å². The Labute approximate surface area is 542 Å². The van der Waals surface area contributed by atoms with Gasteiger partial charge in [-0.25, -0.2) is 23.1 Å². The summed E-state index contributed by atoms with van der Waals surface area (Å²) in [5.74, 6) is -2.05. The van der Waals surface area contributed by atoms with Gasteiger partial charge < -0.3 is 43.9 Å². The zero-order valence-corrected chi connectivity index (χ0v) is 52.0. The minimum atomic E-state index is -0.626. The van der Waals surface area contributed by atoms with Crippen molar-refractivity contribution < 1.29 is 41.8 Å². The van der Waals surface area contributed by atoms with Crippen LogP contribution in [0.4, 0.5) is 18.9 Å². The average Bonchev–Trinajstić information content (AvgIpc) is 1.71. The normalized spacial score (nSPS) is 15.0. The highest BCUT2D eigenvalue weighted by molar-refractivity contribution is 6.08. The number of aromatic amines is 2. The van der Waals surface area contributed by atoms with Crippen molar-refractivity contribution in [3.8, 4) is 50.9 Å². The van der Waals surface area contributed by atoms with E-state index in [2.05, 4.69) is 40.6 Å². The molecule has 9 heterocycles. The predicted molar refractivity (Wildman–Crippen MR) is 347 cm³/mol. The van der Waals surface area contributed by atoms with Crippen molar-refractivity contribution in [1.82, 2.24) is 69.5 Å². The average molecular weight is 1280 g/mol. The number of piperazine rings is 1. The second-order valence-electron chi connectivity index (χ2n) is 23.8. The second-order valence-corrected chi connectivity index (χ2v) is 23.8. The number of benzene rings is 5. The van der Waals surface area contributed by atoms with Crippen LogP contribution >= 0.6 is 0 Å². The standard InChI is InChI=1S/C70H63F3N16O6/c1-94-67-46(47-10-4-12-49(68(47)95-2)53-33-51(44-8-6-21-86(39-44)62(91)17-24-89-26-19-78-82-89)64(73)66-55(53)35-59(80-66)70(93)87-22-15-57-45(40-87)37-75-41-76-57)9-3-11-48(67)52-32-50(43-7-5-20-85(38-43)61(90)16-23-88-25-18-77-81-88)63(72)65-54(52)34-58(79-65)69(92)84-29-27-83(28-30-84)60-14-13-42(36-74)31-56(60)71/h3-4,7-14,18-19,25-26,31-35,37,41,79-80H,5-6,15-17,20-24,27-30,38-40H2,1-2H3. The topological polar surface area (TPSA) is 246 Å². The molecule has 22 nitrogen and oxygen atoms in total. The van der Waals surface area contributed by atoms with Crippen LogP contribution in [0.2, 0.25) is 0 Å². The molecule has 0 bridgehead atoms. The first-order valence-electron chi connectivity index (χ1n) is 31.3. The van der Waals surface area contributed by atoms with Gasteiger partial charge in [0, 0.05) is 153 Å². The van der Waals surface area contributed by atoms with Crippen molar-refractivity contribution in [3.63, 3.8) is 0 Å². The van der Waals surface area contributed by atoms with E-state index in [1.165, 1.54) is 26.6 Å². The SMILES string of the molecule is COc1c(-c2cccc(-c3cc(C4=CCCN(C(=O)CCn5ccnn5)C4)c(F)c4[nH]c(C(=O)N5CCc6ncncc6C5)cc34)c2OC)cccc1-c1cc(C2=CCCN(C(=O)CCn3ccnn3)C2)c(F)c2[nH]c(C(=O)N3CCN(c4ccc(C#N)cc4F)CC3)cc12. The molecule has 0 atom stereocenters. The first-order chi connectivity index (χ1) is 46.3. The second kappa shape index (κ2) is 25.9. The van der Waals surface area contributed by atoms with E-state index in [0.717, 1.165) is 11.3 Å². The molecule has 1 saturated heterocycles. The van der Waals surface area contributed by atoms with Gasteiger partial charge in [0.05, 0.1) is 73.8 Å². The molecule has 0 spiro atoms. The largest absolute Gasteiger partial charge is 0.495 e. The van der Waals surface area contributed by atoms with E-state index in [4.69, 9.17) is 9.47 Å². The van der Waals surface area contributed by atoms with Crippen molar-refractivity contribution in [1.29, 1.82) is 5.26 Å². The van der Waals surface area contributed by atoms with Gasteiger partial charge in [-0.1, -0.05) is 59.0 Å². The number of hydrogen-bond acceptors (Lipinski definition) is 14. The molecular formula is C70H63F3N16O6. The quantitative estimate of drug-likeness (QED) is 0.0915. The molecule has 10 aromatic rings. The highest BCUT2D eigenvalue weighted by Crippen LogP contribution is 2.50. The first kappa shape index (κ1) is 61.1. The molecule has 480 valence electrons. The van der Waals surface area contributed by atoms with E-state index in [1.807, 2.05) is 59.5 Å². The number of aromatic nitrogens is 10. The van der Waals surface area contributed by atoms with Gasteiger partial charge >= 0.3 is 0 Å². The molecule has 25 heteroatoms. The van der Waals surface area contributed by atoms with Crippen molar-refractivity contribution in [3.05, 3.63) is 185 Å². The maximum absolute atomic E-state index is 17.8. The Morgan fingerprint density at radius 3 is 1.61 bits per heavy atom. The Morgan fingerprint density at radius 2 is 1.12 bits per heavy atom. The summed E-state index contributed by atoms with van der Waals surface area (Å²) in [6, 6.07) is 24.2. The Balaban J connectivity index is 0.857. The van der Waals surface area contributed by atoms with Crippen LogP contribution in [0.25, 0.3) is 66.3 Å².